The van der Waals surface area contributed by atoms with E-state index in [-0.39, 0.29) is 40.7 Å². The third-order valence-corrected chi connectivity index (χ3v) is 7.29. The summed E-state index contributed by atoms with van der Waals surface area (Å²) in [6.07, 6.45) is 2.48. The predicted molar refractivity (Wildman–Crippen MR) is 121 cm³/mol. The summed E-state index contributed by atoms with van der Waals surface area (Å²) >= 11 is 0. The summed E-state index contributed by atoms with van der Waals surface area (Å²) in [6.45, 7) is 2.07. The topological polar surface area (TPSA) is 161 Å². The van der Waals surface area contributed by atoms with E-state index in [1.807, 2.05) is 6.92 Å². The summed E-state index contributed by atoms with van der Waals surface area (Å²) in [7, 11) is -4.72. The molecule has 0 bridgehead atoms. The van der Waals surface area contributed by atoms with Crippen molar-refractivity contribution in [3.63, 3.8) is 0 Å². The van der Waals surface area contributed by atoms with Crippen LogP contribution in [0, 0.1) is 0 Å². The number of nitrogens with zero attached hydrogens (tertiary/aromatic N) is 3. The molecule has 3 N–H and O–H groups in total. The van der Waals surface area contributed by atoms with Gasteiger partial charge in [-0.1, -0.05) is 0 Å². The van der Waals surface area contributed by atoms with Gasteiger partial charge < -0.3 is 19.7 Å². The number of fused-ring (bicyclic) bond motifs is 1. The summed E-state index contributed by atoms with van der Waals surface area (Å²) < 4.78 is 54.4. The fourth-order valence-corrected chi connectivity index (χ4v) is 5.11. The smallest absolute Gasteiger partial charge is 0.348 e. The summed E-state index contributed by atoms with van der Waals surface area (Å²) in [5.41, 5.74) is -0.396. The Balaban J connectivity index is 2.06. The summed E-state index contributed by atoms with van der Waals surface area (Å²) in [6, 6.07) is 4.26. The van der Waals surface area contributed by atoms with E-state index in [2.05, 4.69) is 19.9 Å². The Morgan fingerprint density at radius 1 is 1.34 bits per heavy atom. The van der Waals surface area contributed by atoms with Crippen LogP contribution in [0.4, 0.5) is 11.4 Å². The van der Waals surface area contributed by atoms with Crippen LogP contribution in [0.1, 0.15) is 18.9 Å². The molecule has 0 saturated carbocycles. The lowest BCUT2D eigenvalue weighted by Gasteiger charge is -2.25. The Morgan fingerprint density at radius 2 is 2.06 bits per heavy atom. The molecule has 0 spiro atoms. The molecule has 0 radical (unpaired) electrons. The highest BCUT2D eigenvalue weighted by Gasteiger charge is 2.35. The van der Waals surface area contributed by atoms with Crippen LogP contribution in [-0.4, -0.2) is 55.7 Å². The molecule has 0 amide bonds. The third kappa shape index (κ3) is 5.01. The fraction of sp³-hybridized carbons (Fsp3) is 0.389. The number of aromatic nitrogens is 2. The van der Waals surface area contributed by atoms with Crippen molar-refractivity contribution in [2.75, 3.05) is 30.5 Å². The molecule has 0 fully saturated rings. The zero-order chi connectivity index (χ0) is 23.7. The Morgan fingerprint density at radius 3 is 2.69 bits per heavy atom. The number of aryl methyl sites for hydroxylation is 1. The molecule has 0 aliphatic carbocycles. The average molecular weight is 485 g/mol. The van der Waals surface area contributed by atoms with Gasteiger partial charge in [0.1, 0.15) is 5.56 Å². The number of anilines is 2. The van der Waals surface area contributed by atoms with Gasteiger partial charge in [0, 0.05) is 26.5 Å². The number of rotatable bonds is 8. The molecule has 0 saturated heterocycles. The number of methoxy groups -OCH3 is 1. The maximum absolute atomic E-state index is 13.4. The standard InChI is InChI=1S/C18H24N5O7PS/c1-11(29-2)7-8-23-18(25)16(14(24)10-19-23)17-20-13-6-5-12(22-32(4,27)28)9-15(13)31(26,21-17)30-3/h5-6,9-11,22,24H,7-8H2,1-4H3,(H,20,21,26). The normalized spacial score (nSPS) is 18.9. The van der Waals surface area contributed by atoms with Gasteiger partial charge in [0.2, 0.25) is 10.0 Å². The molecule has 1 aliphatic heterocycles. The van der Waals surface area contributed by atoms with Crippen molar-refractivity contribution < 1.29 is 27.3 Å². The first-order chi connectivity index (χ1) is 15.0. The minimum atomic E-state index is -3.90. The molecule has 1 aromatic carbocycles. The molecule has 32 heavy (non-hydrogen) atoms. The zero-order valence-corrected chi connectivity index (χ0v) is 19.6. The minimum Gasteiger partial charge on any atom is -0.505 e. The van der Waals surface area contributed by atoms with Gasteiger partial charge in [-0.2, -0.15) is 9.86 Å². The van der Waals surface area contributed by atoms with Crippen LogP contribution in [0.2, 0.25) is 0 Å². The lowest BCUT2D eigenvalue weighted by Crippen LogP contribution is -2.34. The molecular formula is C18H24N5O7PS. The van der Waals surface area contributed by atoms with E-state index in [9.17, 15) is 22.9 Å². The van der Waals surface area contributed by atoms with Gasteiger partial charge in [0.25, 0.3) is 5.56 Å². The van der Waals surface area contributed by atoms with Gasteiger partial charge in [-0.25, -0.2) is 13.1 Å². The zero-order valence-electron chi connectivity index (χ0n) is 17.9. The molecule has 2 heterocycles. The van der Waals surface area contributed by atoms with E-state index >= 15 is 0 Å². The number of aromatic hydroxyl groups is 1. The summed E-state index contributed by atoms with van der Waals surface area (Å²) in [5, 5.41) is 17.2. The number of amidine groups is 1. The number of ether oxygens (including phenoxy) is 1. The number of hydrogen-bond acceptors (Lipinski definition) is 9. The first kappa shape index (κ1) is 23.9. The number of hydrogen-bond donors (Lipinski definition) is 3. The molecule has 2 aromatic rings. The summed E-state index contributed by atoms with van der Waals surface area (Å²) in [4.78, 5) is 13.0. The van der Waals surface area contributed by atoms with Crippen LogP contribution < -0.4 is 20.9 Å². The first-order valence-electron chi connectivity index (χ1n) is 9.45. The fourth-order valence-electron chi connectivity index (χ4n) is 3.02. The quantitative estimate of drug-likeness (QED) is 0.465. The molecule has 1 aromatic heterocycles. The predicted octanol–water partition coefficient (Wildman–Crippen LogP) is 1.08. The highest BCUT2D eigenvalue weighted by molar-refractivity contribution is 7.92. The molecule has 2 unspecified atom stereocenters. The molecule has 14 heteroatoms. The van der Waals surface area contributed by atoms with Gasteiger partial charge in [-0.3, -0.25) is 14.1 Å². The van der Waals surface area contributed by atoms with Crippen molar-refractivity contribution in [1.29, 1.82) is 0 Å². The van der Waals surface area contributed by atoms with Gasteiger partial charge >= 0.3 is 7.52 Å². The second-order valence-electron chi connectivity index (χ2n) is 7.15. The van der Waals surface area contributed by atoms with E-state index in [0.717, 1.165) is 17.1 Å². The van der Waals surface area contributed by atoms with Crippen LogP contribution in [0.15, 0.2) is 34.0 Å². The van der Waals surface area contributed by atoms with E-state index in [1.165, 1.54) is 25.3 Å². The largest absolute Gasteiger partial charge is 0.505 e. The molecule has 2 atom stereocenters. The highest BCUT2D eigenvalue weighted by atomic mass is 32.2. The second kappa shape index (κ2) is 9.02. The van der Waals surface area contributed by atoms with Crippen molar-refractivity contribution in [1.82, 2.24) is 9.78 Å². The SMILES string of the molecule is COC(C)CCn1ncc(O)c(C2=NP(=O)(OC)c3cc(NS(C)(=O)=O)ccc3N2)c1=O. The minimum absolute atomic E-state index is 0.110. The van der Waals surface area contributed by atoms with Crippen molar-refractivity contribution in [3.05, 3.63) is 40.3 Å². The van der Waals surface area contributed by atoms with E-state index in [0.29, 0.717) is 6.42 Å². The van der Waals surface area contributed by atoms with Crippen molar-refractivity contribution >= 4 is 40.1 Å². The van der Waals surface area contributed by atoms with E-state index in [4.69, 9.17) is 9.26 Å². The van der Waals surface area contributed by atoms with Gasteiger partial charge in [0.15, 0.2) is 11.6 Å². The van der Waals surface area contributed by atoms with Crippen molar-refractivity contribution in [3.8, 4) is 5.75 Å². The number of benzene rings is 1. The van der Waals surface area contributed by atoms with E-state index < -0.39 is 28.9 Å². The Hall–Kier alpha value is -2.73. The second-order valence-corrected chi connectivity index (χ2v) is 11.0. The lowest BCUT2D eigenvalue weighted by molar-refractivity contribution is 0.105. The Kier molecular flexibility index (Phi) is 6.75. The van der Waals surface area contributed by atoms with Crippen LogP contribution in [0.5, 0.6) is 5.75 Å². The van der Waals surface area contributed by atoms with Crippen LogP contribution in [0.25, 0.3) is 0 Å². The van der Waals surface area contributed by atoms with Crippen molar-refractivity contribution in [2.45, 2.75) is 26.0 Å². The molecule has 3 rings (SSSR count). The van der Waals surface area contributed by atoms with Crippen molar-refractivity contribution in [2.24, 2.45) is 4.76 Å². The Bertz CT molecular complexity index is 1270. The van der Waals surface area contributed by atoms with Crippen LogP contribution >= 0.6 is 7.52 Å². The van der Waals surface area contributed by atoms with Gasteiger partial charge in [-0.15, -0.1) is 0 Å². The molecule has 1 aliphatic rings. The van der Waals surface area contributed by atoms with Gasteiger partial charge in [-0.05, 0) is 31.5 Å². The molecule has 174 valence electrons. The molecular weight excluding hydrogens is 461 g/mol. The first-order valence-corrected chi connectivity index (χ1v) is 12.9. The van der Waals surface area contributed by atoms with Gasteiger partial charge in [0.05, 0.1) is 29.5 Å². The number of sulfonamides is 1. The van der Waals surface area contributed by atoms with Crippen LogP contribution in [-0.2, 0) is 30.4 Å². The summed E-state index contributed by atoms with van der Waals surface area (Å²) in [5.74, 6) is -0.594. The maximum Gasteiger partial charge on any atom is 0.348 e. The van der Waals surface area contributed by atoms with Crippen LogP contribution in [0.3, 0.4) is 0 Å². The highest BCUT2D eigenvalue weighted by Crippen LogP contribution is 2.51. The maximum atomic E-state index is 13.4. The number of nitrogens with one attached hydrogen (secondary N) is 2. The third-order valence-electron chi connectivity index (χ3n) is 4.75. The monoisotopic (exact) mass is 485 g/mol. The molecule has 12 nitrogen and oxygen atoms in total. The van der Waals surface area contributed by atoms with E-state index in [1.54, 1.807) is 7.11 Å². The average Bonchev–Trinajstić information content (AvgIpc) is 2.72. The Labute approximate surface area is 184 Å². The lowest BCUT2D eigenvalue weighted by atomic mass is 10.2.